The Bertz CT molecular complexity index is 579. The second-order valence-electron chi connectivity index (χ2n) is 6.50. The van der Waals surface area contributed by atoms with E-state index in [1.807, 2.05) is 25.7 Å². The number of hydrogen-bond acceptors (Lipinski definition) is 5. The third-order valence-electron chi connectivity index (χ3n) is 3.57. The number of halogens is 1. The summed E-state index contributed by atoms with van der Waals surface area (Å²) >= 11 is 0. The number of carbonyl (C=O) groups excluding carboxylic acids is 1. The molecule has 2 N–H and O–H groups in total. The number of carbonyl (C=O) groups is 1. The first-order valence-corrected chi connectivity index (χ1v) is 7.57. The highest BCUT2D eigenvalue weighted by Crippen LogP contribution is 2.31. The van der Waals surface area contributed by atoms with Crippen LogP contribution in [0.3, 0.4) is 0 Å². The average Bonchev–Trinajstić information content (AvgIpc) is 2.46. The molecule has 1 aromatic carbocycles. The molecule has 0 unspecified atom stereocenters. The maximum absolute atomic E-state index is 13.6. The number of nitrogens with two attached hydrogens (primary N) is 1. The van der Waals surface area contributed by atoms with Crippen LogP contribution in [0.25, 0.3) is 0 Å². The highest BCUT2D eigenvalue weighted by atomic mass is 19.1. The Balaban J connectivity index is 2.03. The van der Waals surface area contributed by atoms with Gasteiger partial charge in [0.05, 0.1) is 18.5 Å². The van der Waals surface area contributed by atoms with Gasteiger partial charge in [0, 0.05) is 38.3 Å². The van der Waals surface area contributed by atoms with Crippen molar-refractivity contribution in [2.75, 3.05) is 43.9 Å². The molecule has 0 saturated carbocycles. The quantitative estimate of drug-likeness (QED) is 0.846. The summed E-state index contributed by atoms with van der Waals surface area (Å²) in [5.41, 5.74) is 6.47. The molecule has 6 nitrogen and oxygen atoms in total. The minimum absolute atomic E-state index is 0.156. The van der Waals surface area contributed by atoms with Gasteiger partial charge in [0.25, 0.3) is 0 Å². The van der Waals surface area contributed by atoms with E-state index < -0.39 is 11.4 Å². The van der Waals surface area contributed by atoms with Crippen LogP contribution in [-0.4, -0.2) is 49.9 Å². The molecule has 1 aliphatic heterocycles. The van der Waals surface area contributed by atoms with Crippen LogP contribution in [0.2, 0.25) is 0 Å². The first-order valence-electron chi connectivity index (χ1n) is 7.57. The van der Waals surface area contributed by atoms with E-state index in [1.54, 1.807) is 11.0 Å². The molecule has 2 rings (SSSR count). The second-order valence-corrected chi connectivity index (χ2v) is 6.50. The second kappa shape index (κ2) is 6.52. The summed E-state index contributed by atoms with van der Waals surface area (Å²) in [6.45, 7) is 7.75. The Morgan fingerprint density at radius 3 is 2.35 bits per heavy atom. The lowest BCUT2D eigenvalue weighted by molar-refractivity contribution is 0.0240. The van der Waals surface area contributed by atoms with Crippen LogP contribution in [0.1, 0.15) is 20.8 Å². The third kappa shape index (κ3) is 4.18. The Morgan fingerprint density at radius 2 is 1.83 bits per heavy atom. The van der Waals surface area contributed by atoms with Gasteiger partial charge in [-0.1, -0.05) is 0 Å². The zero-order valence-corrected chi connectivity index (χ0v) is 14.1. The summed E-state index contributed by atoms with van der Waals surface area (Å²) in [5.74, 6) is -0.329. The van der Waals surface area contributed by atoms with E-state index in [2.05, 4.69) is 0 Å². The van der Waals surface area contributed by atoms with Gasteiger partial charge in [0.2, 0.25) is 0 Å². The van der Waals surface area contributed by atoms with Crippen LogP contribution < -0.4 is 15.4 Å². The van der Waals surface area contributed by atoms with Crippen LogP contribution >= 0.6 is 0 Å². The van der Waals surface area contributed by atoms with Gasteiger partial charge in [-0.25, -0.2) is 9.18 Å². The molecular weight excluding hydrogens is 301 g/mol. The Labute approximate surface area is 135 Å². The number of ether oxygens (including phenoxy) is 2. The standard InChI is InChI=1S/C16H24FN3O3/c1-16(2,3)23-15(21)20-7-5-19(6-8-20)13-10-14(22-4)11(17)9-12(13)18/h9-10H,5-8,18H2,1-4H3. The van der Waals surface area contributed by atoms with Gasteiger partial charge in [-0.3, -0.25) is 0 Å². The number of methoxy groups -OCH3 is 1. The number of anilines is 2. The third-order valence-corrected chi connectivity index (χ3v) is 3.57. The van der Waals surface area contributed by atoms with E-state index >= 15 is 0 Å². The van der Waals surface area contributed by atoms with Crippen LogP contribution in [-0.2, 0) is 4.74 Å². The maximum Gasteiger partial charge on any atom is 0.410 e. The van der Waals surface area contributed by atoms with Crippen molar-refractivity contribution < 1.29 is 18.7 Å². The van der Waals surface area contributed by atoms with Gasteiger partial charge in [-0.15, -0.1) is 0 Å². The smallest absolute Gasteiger partial charge is 0.410 e. The lowest BCUT2D eigenvalue weighted by atomic mass is 10.2. The molecular formula is C16H24FN3O3. The fourth-order valence-corrected chi connectivity index (χ4v) is 2.44. The number of nitrogen functional groups attached to an aromatic ring is 1. The number of nitrogens with zero attached hydrogens (tertiary/aromatic N) is 2. The van der Waals surface area contributed by atoms with Crippen LogP contribution in [0.4, 0.5) is 20.6 Å². The van der Waals surface area contributed by atoms with Crippen LogP contribution in [0.5, 0.6) is 5.75 Å². The van der Waals surface area contributed by atoms with E-state index in [0.29, 0.717) is 37.6 Å². The Kier molecular flexibility index (Phi) is 4.87. The first kappa shape index (κ1) is 17.2. The van der Waals surface area contributed by atoms with Gasteiger partial charge in [0.15, 0.2) is 11.6 Å². The lowest BCUT2D eigenvalue weighted by Gasteiger charge is -2.37. The van der Waals surface area contributed by atoms with Crippen molar-refractivity contribution >= 4 is 17.5 Å². The molecule has 0 aromatic heterocycles. The van der Waals surface area contributed by atoms with Crippen molar-refractivity contribution in [3.05, 3.63) is 17.9 Å². The van der Waals surface area contributed by atoms with Crippen molar-refractivity contribution in [2.24, 2.45) is 0 Å². The minimum atomic E-state index is -0.511. The fourth-order valence-electron chi connectivity index (χ4n) is 2.44. The summed E-state index contributed by atoms with van der Waals surface area (Å²) in [6, 6.07) is 2.85. The van der Waals surface area contributed by atoms with E-state index in [0.717, 1.165) is 0 Å². The van der Waals surface area contributed by atoms with Crippen molar-refractivity contribution in [2.45, 2.75) is 26.4 Å². The van der Waals surface area contributed by atoms with Crippen molar-refractivity contribution in [1.29, 1.82) is 0 Å². The predicted molar refractivity (Wildman–Crippen MR) is 87.4 cm³/mol. The van der Waals surface area contributed by atoms with Crippen molar-refractivity contribution in [1.82, 2.24) is 4.90 Å². The molecule has 128 valence electrons. The largest absolute Gasteiger partial charge is 0.494 e. The van der Waals surface area contributed by atoms with Gasteiger partial charge in [-0.05, 0) is 20.8 Å². The van der Waals surface area contributed by atoms with Gasteiger partial charge >= 0.3 is 6.09 Å². The zero-order valence-electron chi connectivity index (χ0n) is 14.1. The zero-order chi connectivity index (χ0) is 17.2. The number of rotatable bonds is 2. The molecule has 1 heterocycles. The lowest BCUT2D eigenvalue weighted by Crippen LogP contribution is -2.50. The molecule has 1 aromatic rings. The molecule has 0 aliphatic carbocycles. The highest BCUT2D eigenvalue weighted by Gasteiger charge is 2.27. The Hall–Kier alpha value is -2.18. The van der Waals surface area contributed by atoms with Crippen molar-refractivity contribution in [3.63, 3.8) is 0 Å². The molecule has 23 heavy (non-hydrogen) atoms. The molecule has 0 atom stereocenters. The SMILES string of the molecule is COc1cc(N2CCN(C(=O)OC(C)(C)C)CC2)c(N)cc1F. The monoisotopic (exact) mass is 325 g/mol. The molecule has 1 saturated heterocycles. The molecule has 1 fully saturated rings. The Morgan fingerprint density at radius 1 is 1.22 bits per heavy atom. The number of benzene rings is 1. The number of hydrogen-bond donors (Lipinski definition) is 1. The summed E-state index contributed by atoms with van der Waals surface area (Å²) in [4.78, 5) is 15.7. The van der Waals surface area contributed by atoms with Crippen LogP contribution in [0, 0.1) is 5.82 Å². The van der Waals surface area contributed by atoms with Gasteiger partial charge in [0.1, 0.15) is 5.60 Å². The number of amides is 1. The molecule has 7 heteroatoms. The summed E-state index contributed by atoms with van der Waals surface area (Å²) in [5, 5.41) is 0. The normalized spacial score (nSPS) is 15.5. The number of piperazine rings is 1. The van der Waals surface area contributed by atoms with E-state index in [-0.39, 0.29) is 11.8 Å². The van der Waals surface area contributed by atoms with E-state index in [4.69, 9.17) is 15.2 Å². The highest BCUT2D eigenvalue weighted by molar-refractivity contribution is 5.72. The predicted octanol–water partition coefficient (Wildman–Crippen LogP) is 2.47. The summed E-state index contributed by atoms with van der Waals surface area (Å²) in [6.07, 6.45) is -0.318. The molecule has 1 amide bonds. The van der Waals surface area contributed by atoms with Gasteiger partial charge in [-0.2, -0.15) is 0 Å². The molecule has 0 radical (unpaired) electrons. The molecule has 1 aliphatic rings. The average molecular weight is 325 g/mol. The molecule has 0 bridgehead atoms. The fraction of sp³-hybridized carbons (Fsp3) is 0.562. The van der Waals surface area contributed by atoms with E-state index in [9.17, 15) is 9.18 Å². The van der Waals surface area contributed by atoms with Crippen molar-refractivity contribution in [3.8, 4) is 5.75 Å². The first-order chi connectivity index (χ1) is 10.7. The van der Waals surface area contributed by atoms with Gasteiger partial charge < -0.3 is 25.0 Å². The summed E-state index contributed by atoms with van der Waals surface area (Å²) in [7, 11) is 1.42. The summed E-state index contributed by atoms with van der Waals surface area (Å²) < 4.78 is 24.0. The van der Waals surface area contributed by atoms with E-state index in [1.165, 1.54) is 13.2 Å². The molecule has 0 spiro atoms. The topological polar surface area (TPSA) is 68.0 Å². The minimum Gasteiger partial charge on any atom is -0.494 e. The van der Waals surface area contributed by atoms with Crippen LogP contribution in [0.15, 0.2) is 12.1 Å². The maximum atomic E-state index is 13.6.